The van der Waals surface area contributed by atoms with E-state index in [1.165, 1.54) is 5.56 Å². The van der Waals surface area contributed by atoms with Crippen molar-refractivity contribution in [3.8, 4) is 78.7 Å². The predicted octanol–water partition coefficient (Wildman–Crippen LogP) is 11.5. The lowest BCUT2D eigenvalue weighted by molar-refractivity contribution is 0.593. The zero-order valence-electron chi connectivity index (χ0n) is 30.3. The molecule has 0 saturated carbocycles. The first-order chi connectivity index (χ1) is 27.6. The average molecular weight is 736 g/mol. The Morgan fingerprint density at radius 2 is 0.536 bits per heavy atom. The smallest absolute Gasteiger partial charge is 0.172 e. The normalized spacial score (nSPS) is 12.5. The van der Waals surface area contributed by atoms with Gasteiger partial charge in [0.1, 0.15) is 0 Å². The zero-order valence-corrected chi connectivity index (χ0v) is 31.2. The van der Waals surface area contributed by atoms with Gasteiger partial charge in [0.15, 0.2) is 24.6 Å². The van der Waals surface area contributed by atoms with Gasteiger partial charge in [-0.05, 0) is 44.5 Å². The molecule has 2 heterocycles. The number of nitrogens with zero attached hydrogens (tertiary/aromatic N) is 3. The number of hydrogen-bond acceptors (Lipinski definition) is 4. The second kappa shape index (κ2) is 14.0. The van der Waals surface area contributed by atoms with Crippen LogP contribution >= 0.6 is 7.14 Å². The molecule has 0 amide bonds. The van der Waals surface area contributed by atoms with E-state index >= 15 is 0 Å². The van der Waals surface area contributed by atoms with Crippen molar-refractivity contribution < 1.29 is 4.57 Å². The summed E-state index contributed by atoms with van der Waals surface area (Å²) < 4.78 is 14.8. The van der Waals surface area contributed by atoms with Gasteiger partial charge in [0, 0.05) is 32.6 Å². The van der Waals surface area contributed by atoms with Crippen LogP contribution in [-0.2, 0) is 4.57 Å². The lowest BCUT2D eigenvalue weighted by Gasteiger charge is -2.16. The Kier molecular flexibility index (Phi) is 8.40. The van der Waals surface area contributed by atoms with Crippen LogP contribution in [0.15, 0.2) is 206 Å². The fourth-order valence-corrected chi connectivity index (χ4v) is 10.7. The molecule has 0 atom stereocenters. The third kappa shape index (κ3) is 5.98. The topological polar surface area (TPSA) is 55.7 Å². The molecule has 56 heavy (non-hydrogen) atoms. The number of fused-ring (bicyclic) bond motifs is 3. The van der Waals surface area contributed by atoms with Crippen molar-refractivity contribution in [2.45, 2.75) is 0 Å². The number of rotatable bonds is 7. The van der Waals surface area contributed by atoms with Crippen molar-refractivity contribution in [3.05, 3.63) is 206 Å². The molecule has 8 aromatic carbocycles. The summed E-state index contributed by atoms with van der Waals surface area (Å²) in [7, 11) is -2.95. The van der Waals surface area contributed by atoms with E-state index in [1.54, 1.807) is 0 Å². The summed E-state index contributed by atoms with van der Waals surface area (Å²) in [5.41, 5.74) is 11.6. The summed E-state index contributed by atoms with van der Waals surface area (Å²) >= 11 is 0. The van der Waals surface area contributed by atoms with E-state index in [2.05, 4.69) is 121 Å². The molecule has 0 N–H and O–H groups in total. The molecule has 4 nitrogen and oxygen atoms in total. The summed E-state index contributed by atoms with van der Waals surface area (Å²) in [6, 6.07) is 70.2. The van der Waals surface area contributed by atoms with Crippen molar-refractivity contribution in [2.24, 2.45) is 0 Å². The molecule has 0 unspecified atom stereocenters. The van der Waals surface area contributed by atoms with Crippen LogP contribution in [0.2, 0.25) is 0 Å². The molecule has 0 bridgehead atoms. The van der Waals surface area contributed by atoms with E-state index < -0.39 is 7.14 Å². The van der Waals surface area contributed by atoms with Gasteiger partial charge in [-0.2, -0.15) is 0 Å². The molecule has 0 spiro atoms. The minimum atomic E-state index is -2.95. The maximum atomic E-state index is 14.8. The van der Waals surface area contributed by atoms with Crippen LogP contribution in [-0.4, -0.2) is 15.0 Å². The lowest BCUT2D eigenvalue weighted by atomic mass is 9.99. The Balaban J connectivity index is 0.916. The van der Waals surface area contributed by atoms with E-state index in [9.17, 15) is 4.57 Å². The van der Waals surface area contributed by atoms with Crippen molar-refractivity contribution in [1.82, 2.24) is 15.0 Å². The van der Waals surface area contributed by atoms with Crippen LogP contribution in [0, 0.1) is 0 Å². The summed E-state index contributed by atoms with van der Waals surface area (Å²) in [4.78, 5) is 14.8. The zero-order chi connectivity index (χ0) is 37.5. The molecule has 0 radical (unpaired) electrons. The lowest BCUT2D eigenvalue weighted by Crippen LogP contribution is -2.20. The summed E-state index contributed by atoms with van der Waals surface area (Å²) in [6.07, 6.45) is 0. The maximum absolute atomic E-state index is 14.8. The largest absolute Gasteiger partial charge is 0.309 e. The van der Waals surface area contributed by atoms with Gasteiger partial charge in [0.05, 0.1) is 0 Å². The quantitative estimate of drug-likeness (QED) is 0.153. The van der Waals surface area contributed by atoms with Crippen molar-refractivity contribution >= 4 is 23.1 Å². The standard InChI is InChI=1S/C51H34N3OP/c55-56(47-17-9-7-15-45(47)46-16-8-10-18-48(46)56)44-33-31-40(32-34-44)38-21-19-37(20-22-38)39-25-29-43(30-26-39)51-53-49(41-13-5-2-6-14-41)52-50(54-51)42-27-23-36(24-28-42)35-11-3-1-4-12-35/h1-34H. The Hall–Kier alpha value is -7.00. The first-order valence-corrected chi connectivity index (χ1v) is 20.4. The molecular weight excluding hydrogens is 702 g/mol. The minimum absolute atomic E-state index is 0.623. The van der Waals surface area contributed by atoms with Gasteiger partial charge in [-0.1, -0.05) is 206 Å². The summed E-state index contributed by atoms with van der Waals surface area (Å²) in [6.45, 7) is 0. The molecule has 1 aromatic heterocycles. The molecule has 1 aliphatic heterocycles. The second-order valence-electron chi connectivity index (χ2n) is 14.0. The average Bonchev–Trinajstić information content (AvgIpc) is 3.55. The monoisotopic (exact) mass is 735 g/mol. The molecule has 0 saturated heterocycles. The first kappa shape index (κ1) is 33.6. The summed E-state index contributed by atoms with van der Waals surface area (Å²) in [5.74, 6) is 1.89. The van der Waals surface area contributed by atoms with Gasteiger partial charge in [0.25, 0.3) is 0 Å². The SMILES string of the molecule is O=P1(c2ccc(-c3ccc(-c4ccc(-c5nc(-c6ccccc6)nc(-c6ccc(-c7ccccc7)cc6)n5)cc4)cc3)cc2)c2ccccc2-c2ccccc21. The molecule has 0 aliphatic carbocycles. The van der Waals surface area contributed by atoms with Crippen LogP contribution in [0.5, 0.6) is 0 Å². The van der Waals surface area contributed by atoms with E-state index in [0.29, 0.717) is 17.5 Å². The fourth-order valence-electron chi connectivity index (χ4n) is 7.68. The van der Waals surface area contributed by atoms with Crippen molar-refractivity contribution in [3.63, 3.8) is 0 Å². The van der Waals surface area contributed by atoms with Crippen molar-refractivity contribution in [2.75, 3.05) is 0 Å². The number of hydrogen-bond donors (Lipinski definition) is 0. The third-order valence-corrected chi connectivity index (χ3v) is 13.8. The highest BCUT2D eigenvalue weighted by Crippen LogP contribution is 2.52. The van der Waals surface area contributed by atoms with Gasteiger partial charge >= 0.3 is 0 Å². The van der Waals surface area contributed by atoms with E-state index in [0.717, 1.165) is 71.5 Å². The molecule has 9 aromatic rings. The van der Waals surface area contributed by atoms with Gasteiger partial charge in [-0.3, -0.25) is 0 Å². The summed E-state index contributed by atoms with van der Waals surface area (Å²) in [5, 5.41) is 2.70. The van der Waals surface area contributed by atoms with Gasteiger partial charge in [-0.25, -0.2) is 15.0 Å². The van der Waals surface area contributed by atoms with Crippen LogP contribution in [0.25, 0.3) is 78.7 Å². The van der Waals surface area contributed by atoms with Crippen LogP contribution in [0.1, 0.15) is 0 Å². The molecule has 0 fully saturated rings. The molecule has 264 valence electrons. The maximum Gasteiger partial charge on any atom is 0.172 e. The number of benzene rings is 8. The van der Waals surface area contributed by atoms with Crippen LogP contribution in [0.3, 0.4) is 0 Å². The highest BCUT2D eigenvalue weighted by atomic mass is 31.2. The van der Waals surface area contributed by atoms with Crippen molar-refractivity contribution in [1.29, 1.82) is 0 Å². The van der Waals surface area contributed by atoms with Gasteiger partial charge < -0.3 is 4.57 Å². The van der Waals surface area contributed by atoms with Gasteiger partial charge in [-0.15, -0.1) is 0 Å². The first-order valence-electron chi connectivity index (χ1n) is 18.7. The van der Waals surface area contributed by atoms with Crippen LogP contribution in [0.4, 0.5) is 0 Å². The Labute approximate surface area is 326 Å². The highest BCUT2D eigenvalue weighted by molar-refractivity contribution is 7.86. The second-order valence-corrected chi connectivity index (χ2v) is 16.7. The molecule has 10 rings (SSSR count). The fraction of sp³-hybridized carbons (Fsp3) is 0. The minimum Gasteiger partial charge on any atom is -0.309 e. The third-order valence-electron chi connectivity index (χ3n) is 10.6. The molecular formula is C51H34N3OP. The molecule has 1 aliphatic rings. The Morgan fingerprint density at radius 1 is 0.268 bits per heavy atom. The van der Waals surface area contributed by atoms with Gasteiger partial charge in [0.2, 0.25) is 0 Å². The van der Waals surface area contributed by atoms with E-state index in [-0.39, 0.29) is 0 Å². The number of aromatic nitrogens is 3. The predicted molar refractivity (Wildman–Crippen MR) is 231 cm³/mol. The molecule has 5 heteroatoms. The van der Waals surface area contributed by atoms with E-state index in [1.807, 2.05) is 84.9 Å². The van der Waals surface area contributed by atoms with Crippen LogP contribution < -0.4 is 15.9 Å². The van der Waals surface area contributed by atoms with E-state index in [4.69, 9.17) is 15.0 Å². The highest BCUT2D eigenvalue weighted by Gasteiger charge is 2.39. The Bertz CT molecular complexity index is 2840. The Morgan fingerprint density at radius 3 is 0.929 bits per heavy atom.